The normalized spacial score (nSPS) is 12.6. The quantitative estimate of drug-likeness (QED) is 0.686. The van der Waals surface area contributed by atoms with Gasteiger partial charge in [-0.15, -0.1) is 0 Å². The number of ether oxygens (including phenoxy) is 2. The molecule has 0 bridgehead atoms. The zero-order valence-electron chi connectivity index (χ0n) is 11.5. The number of aryl methyl sites for hydroxylation is 1. The highest BCUT2D eigenvalue weighted by Crippen LogP contribution is 2.15. The second kappa shape index (κ2) is 9.09. The Morgan fingerprint density at radius 1 is 1.11 bits per heavy atom. The van der Waals surface area contributed by atoms with Crippen LogP contribution >= 0.6 is 0 Å². The van der Waals surface area contributed by atoms with Crippen molar-refractivity contribution >= 4 is 0 Å². The van der Waals surface area contributed by atoms with Crippen LogP contribution in [-0.2, 0) is 9.47 Å². The lowest BCUT2D eigenvalue weighted by atomic mass is 10.0. The van der Waals surface area contributed by atoms with Gasteiger partial charge in [0.2, 0.25) is 0 Å². The van der Waals surface area contributed by atoms with Crippen LogP contribution in [0.5, 0.6) is 0 Å². The Labute approximate surface area is 110 Å². The van der Waals surface area contributed by atoms with Gasteiger partial charge in [-0.25, -0.2) is 0 Å². The molecular weight excluding hydrogens is 226 g/mol. The van der Waals surface area contributed by atoms with E-state index in [-0.39, 0.29) is 6.04 Å². The van der Waals surface area contributed by atoms with Gasteiger partial charge < -0.3 is 15.2 Å². The molecule has 2 N–H and O–H groups in total. The van der Waals surface area contributed by atoms with Crippen molar-refractivity contribution in [1.82, 2.24) is 0 Å². The standard InChI is InChI=1S/C15H25NO2/c1-3-4-9-17-10-11-18-12-15(16)14-8-6-5-7-13(14)2/h5-8,15H,3-4,9-12,16H2,1-2H3. The topological polar surface area (TPSA) is 44.5 Å². The molecule has 0 spiro atoms. The summed E-state index contributed by atoms with van der Waals surface area (Å²) in [5.74, 6) is 0. The molecule has 1 aromatic carbocycles. The van der Waals surface area contributed by atoms with Gasteiger partial charge in [-0.1, -0.05) is 37.6 Å². The summed E-state index contributed by atoms with van der Waals surface area (Å²) in [5.41, 5.74) is 8.46. The molecule has 0 heterocycles. The minimum absolute atomic E-state index is 0.0539. The summed E-state index contributed by atoms with van der Waals surface area (Å²) in [6, 6.07) is 8.11. The van der Waals surface area contributed by atoms with Gasteiger partial charge in [-0.3, -0.25) is 0 Å². The molecule has 0 amide bonds. The van der Waals surface area contributed by atoms with E-state index in [0.29, 0.717) is 19.8 Å². The number of rotatable bonds is 9. The second-order valence-corrected chi connectivity index (χ2v) is 4.50. The summed E-state index contributed by atoms with van der Waals surface area (Å²) in [6.45, 7) is 6.86. The highest BCUT2D eigenvalue weighted by Gasteiger charge is 2.07. The monoisotopic (exact) mass is 251 g/mol. The van der Waals surface area contributed by atoms with Gasteiger partial charge >= 0.3 is 0 Å². The summed E-state index contributed by atoms with van der Waals surface area (Å²) in [6.07, 6.45) is 2.28. The van der Waals surface area contributed by atoms with Crippen LogP contribution in [0, 0.1) is 6.92 Å². The first-order chi connectivity index (χ1) is 8.75. The van der Waals surface area contributed by atoms with Gasteiger partial charge in [-0.2, -0.15) is 0 Å². The van der Waals surface area contributed by atoms with Crippen LogP contribution in [0.1, 0.15) is 36.9 Å². The minimum atomic E-state index is -0.0539. The third kappa shape index (κ3) is 5.63. The van der Waals surface area contributed by atoms with Crippen LogP contribution in [0.3, 0.4) is 0 Å². The average molecular weight is 251 g/mol. The van der Waals surface area contributed by atoms with E-state index in [0.717, 1.165) is 18.6 Å². The van der Waals surface area contributed by atoms with Crippen molar-refractivity contribution in [1.29, 1.82) is 0 Å². The molecule has 0 radical (unpaired) electrons. The van der Waals surface area contributed by atoms with Gasteiger partial charge in [0.15, 0.2) is 0 Å². The lowest BCUT2D eigenvalue weighted by molar-refractivity contribution is 0.0416. The molecule has 3 nitrogen and oxygen atoms in total. The lowest BCUT2D eigenvalue weighted by Gasteiger charge is -2.15. The Kier molecular flexibility index (Phi) is 7.65. The predicted octanol–water partition coefficient (Wildman–Crippen LogP) is 2.83. The van der Waals surface area contributed by atoms with E-state index in [1.54, 1.807) is 0 Å². The van der Waals surface area contributed by atoms with Gasteiger partial charge in [0.05, 0.1) is 25.9 Å². The first kappa shape index (κ1) is 15.2. The molecule has 0 fully saturated rings. The predicted molar refractivity (Wildman–Crippen MR) is 74.7 cm³/mol. The fraction of sp³-hybridized carbons (Fsp3) is 0.600. The lowest BCUT2D eigenvalue weighted by Crippen LogP contribution is -2.19. The smallest absolute Gasteiger partial charge is 0.0701 e. The molecule has 1 unspecified atom stereocenters. The Morgan fingerprint density at radius 2 is 1.83 bits per heavy atom. The van der Waals surface area contributed by atoms with Crippen molar-refractivity contribution in [3.05, 3.63) is 35.4 Å². The SMILES string of the molecule is CCCCOCCOCC(N)c1ccccc1C. The van der Waals surface area contributed by atoms with E-state index in [4.69, 9.17) is 15.2 Å². The summed E-state index contributed by atoms with van der Waals surface area (Å²) in [7, 11) is 0. The van der Waals surface area contributed by atoms with Crippen molar-refractivity contribution in [2.45, 2.75) is 32.7 Å². The molecule has 3 heteroatoms. The van der Waals surface area contributed by atoms with Crippen molar-refractivity contribution in [2.24, 2.45) is 5.73 Å². The maximum atomic E-state index is 6.09. The molecule has 0 aliphatic heterocycles. The molecule has 0 saturated heterocycles. The highest BCUT2D eigenvalue weighted by molar-refractivity contribution is 5.28. The van der Waals surface area contributed by atoms with Gasteiger partial charge in [0, 0.05) is 6.61 Å². The molecule has 0 aliphatic carbocycles. The van der Waals surface area contributed by atoms with E-state index in [1.165, 1.54) is 12.0 Å². The molecule has 1 rings (SSSR count). The molecule has 1 aromatic rings. The van der Waals surface area contributed by atoms with Crippen LogP contribution in [0.2, 0.25) is 0 Å². The van der Waals surface area contributed by atoms with Gasteiger partial charge in [0.25, 0.3) is 0 Å². The van der Waals surface area contributed by atoms with Crippen molar-refractivity contribution in [3.8, 4) is 0 Å². The summed E-state index contributed by atoms with van der Waals surface area (Å²) in [4.78, 5) is 0. The largest absolute Gasteiger partial charge is 0.379 e. The number of unbranched alkanes of at least 4 members (excludes halogenated alkanes) is 1. The first-order valence-corrected chi connectivity index (χ1v) is 6.72. The summed E-state index contributed by atoms with van der Waals surface area (Å²) in [5, 5.41) is 0. The van der Waals surface area contributed by atoms with Crippen molar-refractivity contribution in [2.75, 3.05) is 26.4 Å². The number of hydrogen-bond acceptors (Lipinski definition) is 3. The van der Waals surface area contributed by atoms with Crippen LogP contribution in [-0.4, -0.2) is 26.4 Å². The van der Waals surface area contributed by atoms with Gasteiger partial charge in [0.1, 0.15) is 0 Å². The maximum Gasteiger partial charge on any atom is 0.0701 e. The third-order valence-corrected chi connectivity index (χ3v) is 2.90. The van der Waals surface area contributed by atoms with Crippen LogP contribution in [0.4, 0.5) is 0 Å². The molecule has 18 heavy (non-hydrogen) atoms. The molecule has 0 saturated carbocycles. The second-order valence-electron chi connectivity index (χ2n) is 4.50. The fourth-order valence-electron chi connectivity index (χ4n) is 1.77. The Hall–Kier alpha value is -0.900. The molecule has 0 aromatic heterocycles. The average Bonchev–Trinajstić information content (AvgIpc) is 2.38. The van der Waals surface area contributed by atoms with E-state index < -0.39 is 0 Å². The Bertz CT molecular complexity index is 328. The van der Waals surface area contributed by atoms with E-state index in [9.17, 15) is 0 Å². The Balaban J connectivity index is 2.14. The molecular formula is C15H25NO2. The molecule has 1 atom stereocenters. The maximum absolute atomic E-state index is 6.09. The number of hydrogen-bond donors (Lipinski definition) is 1. The first-order valence-electron chi connectivity index (χ1n) is 6.72. The van der Waals surface area contributed by atoms with E-state index in [2.05, 4.69) is 26.0 Å². The highest BCUT2D eigenvalue weighted by atomic mass is 16.5. The van der Waals surface area contributed by atoms with Crippen molar-refractivity contribution < 1.29 is 9.47 Å². The van der Waals surface area contributed by atoms with E-state index >= 15 is 0 Å². The summed E-state index contributed by atoms with van der Waals surface area (Å²) < 4.78 is 11.0. The van der Waals surface area contributed by atoms with Crippen LogP contribution in [0.15, 0.2) is 24.3 Å². The zero-order chi connectivity index (χ0) is 13.2. The molecule has 102 valence electrons. The summed E-state index contributed by atoms with van der Waals surface area (Å²) >= 11 is 0. The minimum Gasteiger partial charge on any atom is -0.379 e. The third-order valence-electron chi connectivity index (χ3n) is 2.90. The fourth-order valence-corrected chi connectivity index (χ4v) is 1.77. The Morgan fingerprint density at radius 3 is 2.56 bits per heavy atom. The van der Waals surface area contributed by atoms with Crippen molar-refractivity contribution in [3.63, 3.8) is 0 Å². The number of benzene rings is 1. The molecule has 0 aliphatic rings. The number of nitrogens with two attached hydrogens (primary N) is 1. The van der Waals surface area contributed by atoms with E-state index in [1.807, 2.05) is 12.1 Å². The zero-order valence-corrected chi connectivity index (χ0v) is 11.5. The van der Waals surface area contributed by atoms with Crippen LogP contribution < -0.4 is 5.73 Å². The van der Waals surface area contributed by atoms with Gasteiger partial charge in [-0.05, 0) is 24.5 Å². The van der Waals surface area contributed by atoms with Crippen LogP contribution in [0.25, 0.3) is 0 Å².